The number of methoxy groups -OCH3 is 1. The number of rotatable bonds is 3. The van der Waals surface area contributed by atoms with E-state index in [-0.39, 0.29) is 23.7 Å². The lowest BCUT2D eigenvalue weighted by Crippen LogP contribution is -2.64. The highest BCUT2D eigenvalue weighted by Gasteiger charge is 2.69. The molecule has 2 aliphatic heterocycles. The van der Waals surface area contributed by atoms with Gasteiger partial charge in [-0.1, -0.05) is 42.5 Å². The Hall–Kier alpha value is -2.80. The Labute approximate surface area is 171 Å². The minimum atomic E-state index is -1.59. The molecule has 0 radical (unpaired) electrons. The third kappa shape index (κ3) is 2.40. The van der Waals surface area contributed by atoms with E-state index in [4.69, 9.17) is 14.2 Å². The number of fused-ring (bicyclic) bond motifs is 1. The van der Waals surface area contributed by atoms with Crippen molar-refractivity contribution in [3.8, 4) is 5.75 Å². The van der Waals surface area contributed by atoms with Crippen LogP contribution in [0.3, 0.4) is 0 Å². The quantitative estimate of drug-likeness (QED) is 0.624. The van der Waals surface area contributed by atoms with Gasteiger partial charge in [-0.2, -0.15) is 0 Å². The molecule has 0 fully saturated rings. The van der Waals surface area contributed by atoms with Crippen molar-refractivity contribution >= 4 is 22.7 Å². The van der Waals surface area contributed by atoms with Crippen LogP contribution in [0.2, 0.25) is 0 Å². The first-order valence-corrected chi connectivity index (χ1v) is 10.0. The predicted molar refractivity (Wildman–Crippen MR) is 107 cm³/mol. The van der Waals surface area contributed by atoms with Crippen LogP contribution in [0.25, 0.3) is 5.57 Å². The van der Waals surface area contributed by atoms with E-state index >= 15 is 0 Å². The maximum atomic E-state index is 14.0. The molecule has 29 heavy (non-hydrogen) atoms. The Bertz CT molecular complexity index is 1110. The Morgan fingerprint density at radius 3 is 2.66 bits per heavy atom. The monoisotopic (exact) mass is 408 g/mol. The van der Waals surface area contributed by atoms with Gasteiger partial charge in [0.2, 0.25) is 11.4 Å². The lowest BCUT2D eigenvalue weighted by molar-refractivity contribution is -0.252. The first-order valence-electron chi connectivity index (χ1n) is 9.15. The number of hydrogen-bond donors (Lipinski definition) is 0. The number of carbonyl (C=O) groups is 1. The highest BCUT2D eigenvalue weighted by Crippen LogP contribution is 2.56. The van der Waals surface area contributed by atoms with Gasteiger partial charge in [0.15, 0.2) is 0 Å². The summed E-state index contributed by atoms with van der Waals surface area (Å²) in [5, 5.41) is 1.87. The van der Waals surface area contributed by atoms with Crippen LogP contribution in [0.1, 0.15) is 20.8 Å². The molecule has 0 saturated heterocycles. The first kappa shape index (κ1) is 18.2. The van der Waals surface area contributed by atoms with Crippen LogP contribution in [0.5, 0.6) is 5.75 Å². The molecule has 0 bridgehead atoms. The van der Waals surface area contributed by atoms with Crippen molar-refractivity contribution < 1.29 is 23.4 Å². The number of carbonyl (C=O) groups excluding carboxylic acids is 1. The number of hydrogen-bond acceptors (Lipinski definition) is 5. The molecule has 2 atom stereocenters. The second kappa shape index (κ2) is 6.62. The molecule has 2 aromatic carbocycles. The molecule has 0 aliphatic carbocycles. The molecule has 0 saturated carbocycles. The summed E-state index contributed by atoms with van der Waals surface area (Å²) in [5.41, 5.74) is 0.219. The molecule has 0 N–H and O–H groups in total. The SMILES string of the molecule is CO[C@@]1(c2cccs2)Oc2cc(F)ccc2C(=O)[C@@]12OCC=C2c1ccccc1. The van der Waals surface area contributed by atoms with Crippen LogP contribution >= 0.6 is 11.3 Å². The standard InChI is InChI=1S/C23H17FO4S/c1-26-23(20-8-5-13-29-20)22(18(11-12-27-22)15-6-3-2-4-7-15)21(25)17-10-9-16(24)14-19(17)28-23/h2-11,13-14H,12H2,1H3/t22-,23+/m1/s1. The first-order chi connectivity index (χ1) is 14.1. The lowest BCUT2D eigenvalue weighted by Gasteiger charge is -2.48. The summed E-state index contributed by atoms with van der Waals surface area (Å²) < 4.78 is 32.4. The van der Waals surface area contributed by atoms with Gasteiger partial charge in [-0.3, -0.25) is 4.79 Å². The highest BCUT2D eigenvalue weighted by atomic mass is 32.1. The van der Waals surface area contributed by atoms with Crippen LogP contribution in [-0.2, 0) is 15.3 Å². The van der Waals surface area contributed by atoms with Crippen molar-refractivity contribution in [1.29, 1.82) is 0 Å². The number of ketones is 1. The van der Waals surface area contributed by atoms with E-state index in [0.717, 1.165) is 5.56 Å². The molecule has 0 amide bonds. The van der Waals surface area contributed by atoms with Crippen molar-refractivity contribution in [3.05, 3.63) is 93.9 Å². The van der Waals surface area contributed by atoms with Crippen LogP contribution in [-0.4, -0.2) is 25.1 Å². The molecule has 3 heterocycles. The van der Waals surface area contributed by atoms with Gasteiger partial charge in [0.05, 0.1) is 17.0 Å². The average molecular weight is 408 g/mol. The van der Waals surface area contributed by atoms with Gasteiger partial charge in [0, 0.05) is 18.7 Å². The van der Waals surface area contributed by atoms with Gasteiger partial charge in [0.25, 0.3) is 5.79 Å². The van der Waals surface area contributed by atoms with Gasteiger partial charge in [0.1, 0.15) is 11.6 Å². The summed E-state index contributed by atoms with van der Waals surface area (Å²) in [6.07, 6.45) is 1.88. The van der Waals surface area contributed by atoms with E-state index in [0.29, 0.717) is 10.5 Å². The predicted octanol–water partition coefficient (Wildman–Crippen LogP) is 4.81. The van der Waals surface area contributed by atoms with Gasteiger partial charge < -0.3 is 14.2 Å². The van der Waals surface area contributed by atoms with Crippen LogP contribution in [0.15, 0.2) is 72.1 Å². The lowest BCUT2D eigenvalue weighted by atomic mass is 9.74. The molecule has 1 spiro atoms. The molecule has 6 heteroatoms. The smallest absolute Gasteiger partial charge is 0.287 e. The third-order valence-corrected chi connectivity index (χ3v) is 6.36. The molecule has 3 aromatic rings. The summed E-state index contributed by atoms with van der Waals surface area (Å²) in [7, 11) is 1.48. The maximum absolute atomic E-state index is 14.0. The molecule has 1 aromatic heterocycles. The zero-order valence-corrected chi connectivity index (χ0v) is 16.4. The van der Waals surface area contributed by atoms with Crippen molar-refractivity contribution in [3.63, 3.8) is 0 Å². The normalized spacial score (nSPS) is 25.6. The molecule has 0 unspecified atom stereocenters. The van der Waals surface area contributed by atoms with Crippen molar-refractivity contribution in [1.82, 2.24) is 0 Å². The Morgan fingerprint density at radius 1 is 1.10 bits per heavy atom. The van der Waals surface area contributed by atoms with E-state index < -0.39 is 17.2 Å². The van der Waals surface area contributed by atoms with Gasteiger partial charge in [-0.05, 0) is 29.1 Å². The molecule has 146 valence electrons. The van der Waals surface area contributed by atoms with Crippen LogP contribution in [0, 0.1) is 5.82 Å². The summed E-state index contributed by atoms with van der Waals surface area (Å²) in [6, 6.07) is 17.1. The number of Topliss-reactive ketones (excluding diaryl/α,β-unsaturated/α-hetero) is 1. The van der Waals surface area contributed by atoms with E-state index in [1.165, 1.54) is 36.6 Å². The minimum Gasteiger partial charge on any atom is -0.452 e. The van der Waals surface area contributed by atoms with E-state index in [2.05, 4.69) is 0 Å². The second-order valence-electron chi connectivity index (χ2n) is 6.85. The summed E-state index contributed by atoms with van der Waals surface area (Å²) in [6.45, 7) is 0.229. The number of halogens is 1. The Balaban J connectivity index is 1.82. The number of thiophene rings is 1. The van der Waals surface area contributed by atoms with E-state index in [9.17, 15) is 9.18 Å². The van der Waals surface area contributed by atoms with Crippen LogP contribution < -0.4 is 4.74 Å². The fourth-order valence-corrected chi connectivity index (χ4v) is 5.06. The van der Waals surface area contributed by atoms with Crippen molar-refractivity contribution in [2.24, 2.45) is 0 Å². The molecular formula is C23H17FO4S. The summed E-state index contributed by atoms with van der Waals surface area (Å²) in [4.78, 5) is 14.6. The molecular weight excluding hydrogens is 391 g/mol. The zero-order valence-electron chi connectivity index (χ0n) is 15.6. The third-order valence-electron chi connectivity index (χ3n) is 5.41. The zero-order chi connectivity index (χ0) is 20.1. The molecule has 5 rings (SSSR count). The van der Waals surface area contributed by atoms with E-state index in [1.54, 1.807) is 0 Å². The van der Waals surface area contributed by atoms with Gasteiger partial charge in [-0.25, -0.2) is 4.39 Å². The number of ether oxygens (including phenoxy) is 3. The Kier molecular flexibility index (Phi) is 4.17. The molecule has 2 aliphatic rings. The Morgan fingerprint density at radius 2 is 1.93 bits per heavy atom. The topological polar surface area (TPSA) is 44.8 Å². The fourth-order valence-electron chi connectivity index (χ4n) is 4.18. The maximum Gasteiger partial charge on any atom is 0.287 e. The van der Waals surface area contributed by atoms with E-state index in [1.807, 2.05) is 53.9 Å². The van der Waals surface area contributed by atoms with Gasteiger partial charge >= 0.3 is 0 Å². The largest absolute Gasteiger partial charge is 0.452 e. The van der Waals surface area contributed by atoms with Crippen molar-refractivity contribution in [2.75, 3.05) is 13.7 Å². The average Bonchev–Trinajstić information content (AvgIpc) is 3.43. The molecule has 4 nitrogen and oxygen atoms in total. The van der Waals surface area contributed by atoms with Gasteiger partial charge in [-0.15, -0.1) is 11.3 Å². The van der Waals surface area contributed by atoms with Crippen LogP contribution in [0.4, 0.5) is 4.39 Å². The number of benzene rings is 2. The second-order valence-corrected chi connectivity index (χ2v) is 7.79. The van der Waals surface area contributed by atoms with Crippen molar-refractivity contribution in [2.45, 2.75) is 11.4 Å². The minimum absolute atomic E-state index is 0.138. The summed E-state index contributed by atoms with van der Waals surface area (Å²) in [5.74, 6) is -2.26. The fraction of sp³-hybridized carbons (Fsp3) is 0.174. The summed E-state index contributed by atoms with van der Waals surface area (Å²) >= 11 is 1.39. The highest BCUT2D eigenvalue weighted by molar-refractivity contribution is 7.10.